The Morgan fingerprint density at radius 1 is 1.19 bits per heavy atom. The van der Waals surface area contributed by atoms with Crippen LogP contribution >= 0.6 is 0 Å². The predicted octanol–water partition coefficient (Wildman–Crippen LogP) is 4.25. The number of pyridine rings is 1. The van der Waals surface area contributed by atoms with Crippen LogP contribution in [0.3, 0.4) is 0 Å². The van der Waals surface area contributed by atoms with E-state index in [0.717, 1.165) is 41.8 Å². The molecule has 2 heterocycles. The molecule has 0 bridgehead atoms. The van der Waals surface area contributed by atoms with Crippen molar-refractivity contribution in [2.45, 2.75) is 38.7 Å². The standard InChI is InChI=1S/C25H26FN3O2/c1-24-12-18-15-28-29(21-6-4-20(26)5-7-21)22(18)11-19(24)8-9-25(24,16-30)13-23(31)17-3-2-10-27-14-17/h2-7,10-11,14-15,23,30-31H,8-9,12-13,16H2,1H3/t23?,24-,25-/m0/s1. The van der Waals surface area contributed by atoms with Crippen molar-refractivity contribution in [2.24, 2.45) is 10.8 Å². The van der Waals surface area contributed by atoms with Gasteiger partial charge in [-0.25, -0.2) is 9.07 Å². The Morgan fingerprint density at radius 3 is 2.71 bits per heavy atom. The second-order valence-electron chi connectivity index (χ2n) is 9.07. The first-order chi connectivity index (χ1) is 15.0. The molecule has 3 aromatic rings. The van der Waals surface area contributed by atoms with E-state index < -0.39 is 11.5 Å². The molecule has 31 heavy (non-hydrogen) atoms. The largest absolute Gasteiger partial charge is 0.396 e. The lowest BCUT2D eigenvalue weighted by atomic mass is 9.59. The molecule has 160 valence electrons. The summed E-state index contributed by atoms with van der Waals surface area (Å²) in [6.07, 6.45) is 9.66. The number of aliphatic hydroxyl groups excluding tert-OH is 2. The van der Waals surface area contributed by atoms with Crippen LogP contribution < -0.4 is 0 Å². The van der Waals surface area contributed by atoms with Gasteiger partial charge in [-0.1, -0.05) is 18.6 Å². The minimum absolute atomic E-state index is 0.0135. The lowest BCUT2D eigenvalue weighted by Gasteiger charge is -2.46. The lowest BCUT2D eigenvalue weighted by molar-refractivity contribution is -0.0139. The number of aromatic nitrogens is 3. The molecule has 6 heteroatoms. The molecule has 1 saturated carbocycles. The van der Waals surface area contributed by atoms with Gasteiger partial charge in [-0.2, -0.15) is 5.10 Å². The van der Waals surface area contributed by atoms with Gasteiger partial charge >= 0.3 is 0 Å². The highest BCUT2D eigenvalue weighted by Crippen LogP contribution is 2.62. The van der Waals surface area contributed by atoms with Crippen LogP contribution in [0.25, 0.3) is 11.8 Å². The summed E-state index contributed by atoms with van der Waals surface area (Å²) in [5, 5.41) is 26.1. The number of fused-ring (bicyclic) bond motifs is 2. The number of benzene rings is 1. The first kappa shape index (κ1) is 20.1. The summed E-state index contributed by atoms with van der Waals surface area (Å²) >= 11 is 0. The Kier molecular flexibility index (Phi) is 4.79. The Balaban J connectivity index is 1.50. The summed E-state index contributed by atoms with van der Waals surface area (Å²) in [5.74, 6) is -0.272. The van der Waals surface area contributed by atoms with Crippen LogP contribution in [0.5, 0.6) is 0 Å². The highest BCUT2D eigenvalue weighted by molar-refractivity contribution is 5.62. The smallest absolute Gasteiger partial charge is 0.123 e. The zero-order valence-corrected chi connectivity index (χ0v) is 17.5. The van der Waals surface area contributed by atoms with E-state index in [4.69, 9.17) is 0 Å². The Bertz CT molecular complexity index is 1130. The number of halogens is 1. The Labute approximate surface area is 180 Å². The zero-order chi connectivity index (χ0) is 21.6. The van der Waals surface area contributed by atoms with Crippen LogP contribution in [0.2, 0.25) is 0 Å². The molecular formula is C25H26FN3O2. The summed E-state index contributed by atoms with van der Waals surface area (Å²) in [6.45, 7) is 2.22. The van der Waals surface area contributed by atoms with Gasteiger partial charge in [0, 0.05) is 29.8 Å². The van der Waals surface area contributed by atoms with Crippen molar-refractivity contribution < 1.29 is 14.6 Å². The van der Waals surface area contributed by atoms with E-state index in [2.05, 4.69) is 23.1 Å². The third kappa shape index (κ3) is 3.13. The molecule has 5 rings (SSSR count). The van der Waals surface area contributed by atoms with Gasteiger partial charge in [-0.3, -0.25) is 4.98 Å². The molecule has 0 aliphatic heterocycles. The molecule has 0 spiro atoms. The predicted molar refractivity (Wildman–Crippen MR) is 116 cm³/mol. The fourth-order valence-electron chi connectivity index (χ4n) is 5.52. The average Bonchev–Trinajstić information content (AvgIpc) is 3.31. The van der Waals surface area contributed by atoms with Crippen LogP contribution in [0.15, 0.2) is 60.6 Å². The quantitative estimate of drug-likeness (QED) is 0.649. The monoisotopic (exact) mass is 419 g/mol. The van der Waals surface area contributed by atoms with Gasteiger partial charge in [0.1, 0.15) is 5.82 Å². The summed E-state index contributed by atoms with van der Waals surface area (Å²) in [5.41, 5.74) is 4.29. The van der Waals surface area contributed by atoms with E-state index in [1.165, 1.54) is 17.7 Å². The second kappa shape index (κ2) is 7.39. The highest BCUT2D eigenvalue weighted by atomic mass is 19.1. The number of hydrogen-bond donors (Lipinski definition) is 2. The SMILES string of the molecule is C[C@]12Cc3cnn(-c4ccc(F)cc4)c3C=C1CC[C@@]2(CO)CC(O)c1cccnc1. The van der Waals surface area contributed by atoms with Crippen molar-refractivity contribution in [3.63, 3.8) is 0 Å². The third-order valence-corrected chi connectivity index (χ3v) is 7.52. The summed E-state index contributed by atoms with van der Waals surface area (Å²) in [7, 11) is 0. The molecule has 0 amide bonds. The van der Waals surface area contributed by atoms with Crippen molar-refractivity contribution in [3.8, 4) is 5.69 Å². The van der Waals surface area contributed by atoms with Gasteiger partial charge in [0.05, 0.1) is 23.7 Å². The van der Waals surface area contributed by atoms with Crippen LogP contribution in [-0.4, -0.2) is 31.6 Å². The zero-order valence-electron chi connectivity index (χ0n) is 17.5. The molecule has 1 aromatic carbocycles. The van der Waals surface area contributed by atoms with Gasteiger partial charge in [-0.15, -0.1) is 0 Å². The van der Waals surface area contributed by atoms with Crippen molar-refractivity contribution in [2.75, 3.05) is 6.61 Å². The number of aliphatic hydroxyl groups is 2. The van der Waals surface area contributed by atoms with E-state index in [0.29, 0.717) is 6.42 Å². The van der Waals surface area contributed by atoms with Crippen LogP contribution in [-0.2, 0) is 6.42 Å². The highest BCUT2D eigenvalue weighted by Gasteiger charge is 2.56. The van der Waals surface area contributed by atoms with Crippen LogP contribution in [0.1, 0.15) is 49.1 Å². The van der Waals surface area contributed by atoms with Gasteiger partial charge in [0.15, 0.2) is 0 Å². The molecule has 0 saturated heterocycles. The topological polar surface area (TPSA) is 71.2 Å². The lowest BCUT2D eigenvalue weighted by Crippen LogP contribution is -2.43. The number of rotatable bonds is 5. The molecular weight excluding hydrogens is 393 g/mol. The Morgan fingerprint density at radius 2 is 2.00 bits per heavy atom. The van der Waals surface area contributed by atoms with Gasteiger partial charge < -0.3 is 10.2 Å². The molecule has 2 aliphatic carbocycles. The summed E-state index contributed by atoms with van der Waals surface area (Å²) < 4.78 is 15.2. The van der Waals surface area contributed by atoms with E-state index in [1.807, 2.05) is 23.0 Å². The normalized spacial score (nSPS) is 25.6. The molecule has 2 N–H and O–H groups in total. The minimum atomic E-state index is -0.680. The number of allylic oxidation sites excluding steroid dienone is 1. The van der Waals surface area contributed by atoms with Crippen LogP contribution in [0, 0.1) is 16.6 Å². The van der Waals surface area contributed by atoms with Crippen LogP contribution in [0.4, 0.5) is 4.39 Å². The van der Waals surface area contributed by atoms with E-state index in [1.54, 1.807) is 24.5 Å². The van der Waals surface area contributed by atoms with E-state index >= 15 is 0 Å². The fraction of sp³-hybridized carbons (Fsp3) is 0.360. The van der Waals surface area contributed by atoms with E-state index in [-0.39, 0.29) is 17.8 Å². The molecule has 1 fully saturated rings. The molecule has 2 aromatic heterocycles. The van der Waals surface area contributed by atoms with Gasteiger partial charge in [0.2, 0.25) is 0 Å². The molecule has 5 nitrogen and oxygen atoms in total. The van der Waals surface area contributed by atoms with E-state index in [9.17, 15) is 14.6 Å². The molecule has 3 atom stereocenters. The molecule has 2 aliphatic rings. The first-order valence-electron chi connectivity index (χ1n) is 10.7. The maximum absolute atomic E-state index is 13.4. The second-order valence-corrected chi connectivity index (χ2v) is 9.07. The third-order valence-electron chi connectivity index (χ3n) is 7.52. The van der Waals surface area contributed by atoms with Crippen molar-refractivity contribution in [1.82, 2.24) is 14.8 Å². The summed E-state index contributed by atoms with van der Waals surface area (Å²) in [4.78, 5) is 4.13. The fourth-order valence-corrected chi connectivity index (χ4v) is 5.52. The average molecular weight is 420 g/mol. The summed E-state index contributed by atoms with van der Waals surface area (Å²) in [6, 6.07) is 10.0. The molecule has 0 radical (unpaired) electrons. The molecule has 1 unspecified atom stereocenters. The number of nitrogens with zero attached hydrogens (tertiary/aromatic N) is 3. The van der Waals surface area contributed by atoms with Crippen molar-refractivity contribution in [3.05, 3.63) is 83.2 Å². The minimum Gasteiger partial charge on any atom is -0.396 e. The van der Waals surface area contributed by atoms with Crippen molar-refractivity contribution in [1.29, 1.82) is 0 Å². The maximum atomic E-state index is 13.4. The van der Waals surface area contributed by atoms with Gasteiger partial charge in [0.25, 0.3) is 0 Å². The van der Waals surface area contributed by atoms with Gasteiger partial charge in [-0.05, 0) is 73.2 Å². The van der Waals surface area contributed by atoms with Crippen molar-refractivity contribution >= 4 is 6.08 Å². The first-order valence-corrected chi connectivity index (χ1v) is 10.7. The maximum Gasteiger partial charge on any atom is 0.123 e. The number of hydrogen-bond acceptors (Lipinski definition) is 4. The Hall–Kier alpha value is -2.83.